The predicted octanol–water partition coefficient (Wildman–Crippen LogP) is 5.46. The van der Waals surface area contributed by atoms with E-state index in [0.29, 0.717) is 36.2 Å². The highest BCUT2D eigenvalue weighted by Gasteiger charge is 2.50. The zero-order valence-electron chi connectivity index (χ0n) is 21.0. The van der Waals surface area contributed by atoms with Gasteiger partial charge in [0.1, 0.15) is 11.5 Å². The summed E-state index contributed by atoms with van der Waals surface area (Å²) in [4.78, 5) is 0. The summed E-state index contributed by atoms with van der Waals surface area (Å²) >= 11 is 0. The van der Waals surface area contributed by atoms with Crippen molar-refractivity contribution in [2.75, 3.05) is 6.61 Å². The molecule has 4 rings (SSSR count). The number of hydrogen-bond acceptors (Lipinski definition) is 5. The lowest BCUT2D eigenvalue weighted by Gasteiger charge is -2.43. The molecule has 0 amide bonds. The van der Waals surface area contributed by atoms with Crippen molar-refractivity contribution < 1.29 is 19.5 Å². The fraction of sp³-hybridized carbons (Fsp3) is 0.345. The lowest BCUT2D eigenvalue weighted by molar-refractivity contribution is 0.261. The van der Waals surface area contributed by atoms with Crippen molar-refractivity contribution in [1.82, 2.24) is 0 Å². The van der Waals surface area contributed by atoms with Gasteiger partial charge in [-0.25, -0.2) is 0 Å². The third-order valence-electron chi connectivity index (χ3n) is 6.75. The van der Waals surface area contributed by atoms with Gasteiger partial charge in [0.25, 0.3) is 8.32 Å². The number of ether oxygens (including phenoxy) is 1. The fourth-order valence-electron chi connectivity index (χ4n) is 4.64. The maximum absolute atomic E-state index is 10.6. The largest absolute Gasteiger partial charge is 0.507 e. The summed E-state index contributed by atoms with van der Waals surface area (Å²) in [5.74, 6) is 1.21. The van der Waals surface area contributed by atoms with Crippen LogP contribution in [0.2, 0.25) is 5.04 Å². The summed E-state index contributed by atoms with van der Waals surface area (Å²) in [5.41, 5.74) is 1.63. The van der Waals surface area contributed by atoms with Gasteiger partial charge in [-0.2, -0.15) is 0 Å². The van der Waals surface area contributed by atoms with Crippen LogP contribution in [-0.2, 0) is 11.0 Å². The Morgan fingerprint density at radius 2 is 1.54 bits per heavy atom. The highest BCUT2D eigenvalue weighted by molar-refractivity contribution is 6.99. The Labute approximate surface area is 209 Å². The van der Waals surface area contributed by atoms with Crippen molar-refractivity contribution in [2.24, 2.45) is 11.1 Å². The third kappa shape index (κ3) is 5.28. The van der Waals surface area contributed by atoms with E-state index in [0.717, 1.165) is 5.56 Å². The molecule has 35 heavy (non-hydrogen) atoms. The molecule has 6 heteroatoms. The summed E-state index contributed by atoms with van der Waals surface area (Å²) < 4.78 is 13.2. The summed E-state index contributed by atoms with van der Waals surface area (Å²) in [6.45, 7) is 9.32. The second-order valence-electron chi connectivity index (χ2n) is 10.4. The van der Waals surface area contributed by atoms with Gasteiger partial charge in [-0.1, -0.05) is 86.6 Å². The van der Waals surface area contributed by atoms with Crippen molar-refractivity contribution in [2.45, 2.75) is 52.2 Å². The van der Waals surface area contributed by atoms with Crippen molar-refractivity contribution >= 4 is 24.4 Å². The molecular formula is C29H35NO4Si. The van der Waals surface area contributed by atoms with Gasteiger partial charge in [-0.15, -0.1) is 0 Å². The van der Waals surface area contributed by atoms with Crippen LogP contribution in [0.15, 0.2) is 78.0 Å². The lowest BCUT2D eigenvalue weighted by atomic mass is 10.1. The molecule has 1 fully saturated rings. The molecule has 0 atom stereocenters. The van der Waals surface area contributed by atoms with Crippen molar-refractivity contribution in [1.29, 1.82) is 0 Å². The minimum Gasteiger partial charge on any atom is -0.507 e. The number of oxime groups is 1. The van der Waals surface area contributed by atoms with Gasteiger partial charge in [-0.05, 0) is 47.2 Å². The van der Waals surface area contributed by atoms with Crippen LogP contribution in [0.5, 0.6) is 11.5 Å². The number of phenols is 1. The van der Waals surface area contributed by atoms with Crippen LogP contribution < -0.4 is 15.1 Å². The maximum atomic E-state index is 10.6. The maximum Gasteiger partial charge on any atom is 0.261 e. The topological polar surface area (TPSA) is 71.3 Å². The van der Waals surface area contributed by atoms with Crippen LogP contribution in [0, 0.1) is 5.92 Å². The monoisotopic (exact) mass is 489 g/mol. The van der Waals surface area contributed by atoms with Crippen LogP contribution in [0.25, 0.3) is 0 Å². The molecule has 0 spiro atoms. The Morgan fingerprint density at radius 1 is 0.971 bits per heavy atom. The molecule has 0 heterocycles. The highest BCUT2D eigenvalue weighted by atomic mass is 28.4. The first kappa shape index (κ1) is 25.0. The quantitative estimate of drug-likeness (QED) is 0.181. The number of hydrogen-bond donors (Lipinski definition) is 2. The van der Waals surface area contributed by atoms with Crippen LogP contribution in [-0.4, -0.2) is 30.9 Å². The molecule has 0 unspecified atom stereocenters. The summed E-state index contributed by atoms with van der Waals surface area (Å²) in [6, 6.07) is 24.4. The second-order valence-corrected chi connectivity index (χ2v) is 14.7. The molecule has 1 aliphatic rings. The summed E-state index contributed by atoms with van der Waals surface area (Å²) in [5, 5.41) is 25.5. The minimum atomic E-state index is -2.75. The predicted molar refractivity (Wildman–Crippen MR) is 143 cm³/mol. The van der Waals surface area contributed by atoms with Gasteiger partial charge in [0.05, 0.1) is 18.9 Å². The molecule has 0 saturated heterocycles. The molecule has 0 aliphatic heterocycles. The minimum absolute atomic E-state index is 0.0281. The van der Waals surface area contributed by atoms with E-state index >= 15 is 0 Å². The van der Waals surface area contributed by atoms with E-state index in [4.69, 9.17) is 9.16 Å². The van der Waals surface area contributed by atoms with E-state index in [1.54, 1.807) is 13.0 Å². The normalized spacial score (nSPS) is 14.7. The Morgan fingerprint density at radius 3 is 2.03 bits per heavy atom. The number of aromatic hydroxyl groups is 1. The van der Waals surface area contributed by atoms with Gasteiger partial charge in [0, 0.05) is 17.2 Å². The van der Waals surface area contributed by atoms with Crippen LogP contribution in [0.1, 0.15) is 51.7 Å². The number of benzene rings is 3. The fourth-order valence-corrected chi connectivity index (χ4v) is 9.17. The SMILES string of the molecule is CC(=NO)c1cc(CO[Si](c2ccccc2)(c2ccccc2)C(C)(C)C)c(OCC2CC2)cc1O. The van der Waals surface area contributed by atoms with Gasteiger partial charge >= 0.3 is 0 Å². The number of phenolic OH excluding ortho intramolecular Hbond substituents is 1. The van der Waals surface area contributed by atoms with Crippen molar-refractivity contribution in [3.8, 4) is 11.5 Å². The van der Waals surface area contributed by atoms with E-state index in [9.17, 15) is 10.3 Å². The Kier molecular flexibility index (Phi) is 7.33. The average molecular weight is 490 g/mol. The van der Waals surface area contributed by atoms with E-state index in [-0.39, 0.29) is 10.8 Å². The van der Waals surface area contributed by atoms with E-state index in [2.05, 4.69) is 74.5 Å². The highest BCUT2D eigenvalue weighted by Crippen LogP contribution is 2.39. The van der Waals surface area contributed by atoms with Crippen LogP contribution in [0.4, 0.5) is 0 Å². The van der Waals surface area contributed by atoms with Gasteiger partial charge in [0.2, 0.25) is 0 Å². The Balaban J connectivity index is 1.79. The zero-order valence-corrected chi connectivity index (χ0v) is 22.0. The molecule has 1 saturated carbocycles. The standard InChI is InChI=1S/C29H35NO4Si/c1-21(30-32)26-17-23(28(18-27(26)31)33-19-22-15-16-22)20-34-35(29(2,3)4,24-11-7-5-8-12-24)25-13-9-6-10-14-25/h5-14,17-18,22,31-32H,15-16,19-20H2,1-4H3. The van der Waals surface area contributed by atoms with E-state index < -0.39 is 8.32 Å². The molecule has 0 bridgehead atoms. The molecular weight excluding hydrogens is 454 g/mol. The summed E-state index contributed by atoms with van der Waals surface area (Å²) in [6.07, 6.45) is 2.35. The molecule has 1 aliphatic carbocycles. The molecule has 5 nitrogen and oxygen atoms in total. The Hall–Kier alpha value is -3.09. The number of nitrogens with zero attached hydrogens (tertiary/aromatic N) is 1. The van der Waals surface area contributed by atoms with E-state index in [1.165, 1.54) is 23.2 Å². The van der Waals surface area contributed by atoms with Crippen molar-refractivity contribution in [3.63, 3.8) is 0 Å². The molecule has 3 aromatic carbocycles. The van der Waals surface area contributed by atoms with Crippen molar-refractivity contribution in [3.05, 3.63) is 83.9 Å². The number of rotatable bonds is 9. The molecule has 0 radical (unpaired) electrons. The lowest BCUT2D eigenvalue weighted by Crippen LogP contribution is -2.66. The molecule has 2 N–H and O–H groups in total. The molecule has 0 aromatic heterocycles. The third-order valence-corrected chi connectivity index (χ3v) is 11.7. The van der Waals surface area contributed by atoms with E-state index in [1.807, 2.05) is 18.2 Å². The van der Waals surface area contributed by atoms with Crippen LogP contribution in [0.3, 0.4) is 0 Å². The van der Waals surface area contributed by atoms with Gasteiger partial charge in [-0.3, -0.25) is 0 Å². The van der Waals surface area contributed by atoms with Gasteiger partial charge in [0.15, 0.2) is 0 Å². The molecule has 184 valence electrons. The first-order valence-electron chi connectivity index (χ1n) is 12.2. The first-order chi connectivity index (χ1) is 16.8. The Bertz CT molecular complexity index is 1130. The average Bonchev–Trinajstić information content (AvgIpc) is 3.68. The van der Waals surface area contributed by atoms with Crippen LogP contribution >= 0.6 is 0 Å². The zero-order chi connectivity index (χ0) is 25.1. The second kappa shape index (κ2) is 10.3. The molecule has 3 aromatic rings. The first-order valence-corrected chi connectivity index (χ1v) is 14.1. The smallest absolute Gasteiger partial charge is 0.261 e. The van der Waals surface area contributed by atoms with Gasteiger partial charge < -0.3 is 19.5 Å². The summed E-state index contributed by atoms with van der Waals surface area (Å²) in [7, 11) is -2.75.